The Balaban J connectivity index is 1.52. The first kappa shape index (κ1) is 20.1. The van der Waals surface area contributed by atoms with Crippen LogP contribution in [0.15, 0.2) is 48.5 Å². The summed E-state index contributed by atoms with van der Waals surface area (Å²) in [6.45, 7) is 6.26. The number of amides is 2. The number of carbonyl (C=O) groups is 2. The fourth-order valence-corrected chi connectivity index (χ4v) is 3.35. The molecular formula is C23H28N2O3. The molecule has 2 amide bonds. The van der Waals surface area contributed by atoms with Crippen molar-refractivity contribution in [2.75, 3.05) is 18.1 Å². The van der Waals surface area contributed by atoms with Crippen LogP contribution in [0.25, 0.3) is 0 Å². The van der Waals surface area contributed by atoms with E-state index in [4.69, 9.17) is 4.74 Å². The third-order valence-corrected chi connectivity index (χ3v) is 5.11. The number of rotatable bonds is 8. The van der Waals surface area contributed by atoms with Crippen LogP contribution in [0.2, 0.25) is 0 Å². The van der Waals surface area contributed by atoms with Gasteiger partial charge in [-0.3, -0.25) is 9.59 Å². The standard InChI is InChI=1S/C23H28N2O3/c1-3-17-9-11-21(12-10-17)25-15-20(13-22(25)26)23(27)24-14-18-5-7-19(8-6-18)16-28-4-2/h5-12,20H,3-4,13-16H2,1-2H3,(H,24,27). The molecule has 2 aromatic carbocycles. The summed E-state index contributed by atoms with van der Waals surface area (Å²) in [4.78, 5) is 26.6. The molecule has 2 aromatic rings. The maximum Gasteiger partial charge on any atom is 0.227 e. The predicted molar refractivity (Wildman–Crippen MR) is 110 cm³/mol. The Labute approximate surface area is 166 Å². The van der Waals surface area contributed by atoms with Gasteiger partial charge in [0, 0.05) is 31.8 Å². The average molecular weight is 380 g/mol. The number of hydrogen-bond acceptors (Lipinski definition) is 3. The molecule has 0 radical (unpaired) electrons. The minimum atomic E-state index is -0.310. The van der Waals surface area contributed by atoms with Crippen molar-refractivity contribution >= 4 is 17.5 Å². The minimum Gasteiger partial charge on any atom is -0.377 e. The van der Waals surface area contributed by atoms with Crippen LogP contribution in [0.1, 0.15) is 37.0 Å². The lowest BCUT2D eigenvalue weighted by atomic mass is 10.1. The molecule has 148 valence electrons. The van der Waals surface area contributed by atoms with Gasteiger partial charge in [0.1, 0.15) is 0 Å². The second-order valence-corrected chi connectivity index (χ2v) is 7.10. The summed E-state index contributed by atoms with van der Waals surface area (Å²) >= 11 is 0. The number of ether oxygens (including phenoxy) is 1. The summed E-state index contributed by atoms with van der Waals surface area (Å²) in [7, 11) is 0. The van der Waals surface area contributed by atoms with E-state index >= 15 is 0 Å². The Morgan fingerprint density at radius 2 is 1.68 bits per heavy atom. The highest BCUT2D eigenvalue weighted by atomic mass is 16.5. The van der Waals surface area contributed by atoms with E-state index in [1.165, 1.54) is 5.56 Å². The maximum atomic E-state index is 12.5. The molecule has 1 aliphatic rings. The first-order valence-electron chi connectivity index (χ1n) is 9.93. The van der Waals surface area contributed by atoms with Crippen molar-refractivity contribution in [3.8, 4) is 0 Å². The summed E-state index contributed by atoms with van der Waals surface area (Å²) in [6, 6.07) is 16.0. The normalized spacial score (nSPS) is 16.4. The number of hydrogen-bond donors (Lipinski definition) is 1. The fourth-order valence-electron chi connectivity index (χ4n) is 3.35. The topological polar surface area (TPSA) is 58.6 Å². The van der Waals surface area contributed by atoms with E-state index in [-0.39, 0.29) is 24.2 Å². The molecule has 0 saturated carbocycles. The Morgan fingerprint density at radius 3 is 2.32 bits per heavy atom. The summed E-state index contributed by atoms with van der Waals surface area (Å²) in [6.07, 6.45) is 1.22. The first-order valence-corrected chi connectivity index (χ1v) is 9.93. The van der Waals surface area contributed by atoms with Gasteiger partial charge in [0.2, 0.25) is 11.8 Å². The molecule has 1 fully saturated rings. The smallest absolute Gasteiger partial charge is 0.227 e. The first-order chi connectivity index (χ1) is 13.6. The number of nitrogens with zero attached hydrogens (tertiary/aromatic N) is 1. The molecule has 1 unspecified atom stereocenters. The number of aryl methyl sites for hydroxylation is 1. The van der Waals surface area contributed by atoms with E-state index in [0.29, 0.717) is 26.3 Å². The monoisotopic (exact) mass is 380 g/mol. The number of carbonyl (C=O) groups excluding carboxylic acids is 2. The highest BCUT2D eigenvalue weighted by molar-refractivity contribution is 6.00. The molecule has 1 N–H and O–H groups in total. The molecule has 28 heavy (non-hydrogen) atoms. The Morgan fingerprint density at radius 1 is 1.04 bits per heavy atom. The lowest BCUT2D eigenvalue weighted by Gasteiger charge is -2.17. The highest BCUT2D eigenvalue weighted by Gasteiger charge is 2.34. The van der Waals surface area contributed by atoms with E-state index in [1.807, 2.05) is 55.5 Å². The van der Waals surface area contributed by atoms with Gasteiger partial charge in [0.05, 0.1) is 12.5 Å². The van der Waals surface area contributed by atoms with Gasteiger partial charge in [-0.1, -0.05) is 43.3 Å². The zero-order valence-corrected chi connectivity index (χ0v) is 16.6. The molecule has 0 bridgehead atoms. The third-order valence-electron chi connectivity index (χ3n) is 5.11. The lowest BCUT2D eigenvalue weighted by Crippen LogP contribution is -2.32. The van der Waals surface area contributed by atoms with Gasteiger partial charge in [-0.2, -0.15) is 0 Å². The quantitative estimate of drug-likeness (QED) is 0.763. The summed E-state index contributed by atoms with van der Waals surface area (Å²) in [5, 5.41) is 2.97. The van der Waals surface area contributed by atoms with E-state index in [0.717, 1.165) is 23.2 Å². The van der Waals surface area contributed by atoms with Crippen molar-refractivity contribution < 1.29 is 14.3 Å². The van der Waals surface area contributed by atoms with Gasteiger partial charge in [0.15, 0.2) is 0 Å². The largest absolute Gasteiger partial charge is 0.377 e. The summed E-state index contributed by atoms with van der Waals surface area (Å²) in [5.41, 5.74) is 4.24. The maximum absolute atomic E-state index is 12.5. The SMILES string of the molecule is CCOCc1ccc(CNC(=O)C2CC(=O)N(c3ccc(CC)cc3)C2)cc1. The molecule has 0 aliphatic carbocycles. The second-order valence-electron chi connectivity index (χ2n) is 7.10. The Kier molecular flexibility index (Phi) is 6.82. The molecule has 0 spiro atoms. The fraction of sp³-hybridized carbons (Fsp3) is 0.391. The molecule has 1 saturated heterocycles. The molecule has 0 aromatic heterocycles. The molecule has 3 rings (SSSR count). The van der Waals surface area contributed by atoms with Crippen molar-refractivity contribution in [3.63, 3.8) is 0 Å². The molecule has 1 heterocycles. The van der Waals surface area contributed by atoms with Crippen LogP contribution in [0.5, 0.6) is 0 Å². The van der Waals surface area contributed by atoms with Crippen LogP contribution in [0.4, 0.5) is 5.69 Å². The Hall–Kier alpha value is -2.66. The predicted octanol–water partition coefficient (Wildman–Crippen LogP) is 3.45. The van der Waals surface area contributed by atoms with Crippen LogP contribution in [0, 0.1) is 5.92 Å². The van der Waals surface area contributed by atoms with Crippen LogP contribution in [-0.4, -0.2) is 25.0 Å². The molecular weight excluding hydrogens is 352 g/mol. The molecule has 1 aliphatic heterocycles. The molecule has 1 atom stereocenters. The van der Waals surface area contributed by atoms with Gasteiger partial charge in [-0.05, 0) is 42.2 Å². The summed E-state index contributed by atoms with van der Waals surface area (Å²) in [5.74, 6) is -0.375. The zero-order chi connectivity index (χ0) is 19.9. The van der Waals surface area contributed by atoms with Crippen molar-refractivity contribution in [1.29, 1.82) is 0 Å². The van der Waals surface area contributed by atoms with Crippen molar-refractivity contribution in [2.24, 2.45) is 5.92 Å². The van der Waals surface area contributed by atoms with E-state index in [1.54, 1.807) is 4.90 Å². The average Bonchev–Trinajstić information content (AvgIpc) is 3.13. The van der Waals surface area contributed by atoms with Crippen LogP contribution in [0.3, 0.4) is 0 Å². The molecule has 5 heteroatoms. The highest BCUT2D eigenvalue weighted by Crippen LogP contribution is 2.25. The number of benzene rings is 2. The van der Waals surface area contributed by atoms with Gasteiger partial charge < -0.3 is 15.0 Å². The number of anilines is 1. The van der Waals surface area contributed by atoms with E-state index < -0.39 is 0 Å². The van der Waals surface area contributed by atoms with Gasteiger partial charge >= 0.3 is 0 Å². The van der Waals surface area contributed by atoms with Gasteiger partial charge in [-0.15, -0.1) is 0 Å². The Bertz CT molecular complexity index is 800. The van der Waals surface area contributed by atoms with E-state index in [9.17, 15) is 9.59 Å². The van der Waals surface area contributed by atoms with Crippen LogP contribution in [-0.2, 0) is 33.9 Å². The second kappa shape index (κ2) is 9.51. The summed E-state index contributed by atoms with van der Waals surface area (Å²) < 4.78 is 5.39. The lowest BCUT2D eigenvalue weighted by molar-refractivity contribution is -0.126. The van der Waals surface area contributed by atoms with Crippen molar-refractivity contribution in [2.45, 2.75) is 39.8 Å². The van der Waals surface area contributed by atoms with Crippen molar-refractivity contribution in [3.05, 3.63) is 65.2 Å². The van der Waals surface area contributed by atoms with Crippen LogP contribution < -0.4 is 10.2 Å². The van der Waals surface area contributed by atoms with E-state index in [2.05, 4.69) is 12.2 Å². The van der Waals surface area contributed by atoms with Gasteiger partial charge in [0.25, 0.3) is 0 Å². The van der Waals surface area contributed by atoms with Crippen molar-refractivity contribution in [1.82, 2.24) is 5.32 Å². The van der Waals surface area contributed by atoms with Gasteiger partial charge in [-0.25, -0.2) is 0 Å². The zero-order valence-electron chi connectivity index (χ0n) is 16.6. The molecule has 5 nitrogen and oxygen atoms in total. The third kappa shape index (κ3) is 4.98. The van der Waals surface area contributed by atoms with Crippen LogP contribution >= 0.6 is 0 Å². The minimum absolute atomic E-state index is 0.00433. The number of nitrogens with one attached hydrogen (secondary N) is 1.